The molecule has 7 heteroatoms. The van der Waals surface area contributed by atoms with Crippen molar-refractivity contribution in [2.24, 2.45) is 5.10 Å². The number of rotatable bonds is 6. The van der Waals surface area contributed by atoms with Crippen LogP contribution in [0.15, 0.2) is 58.2 Å². The molecule has 0 unspecified atom stereocenters. The molecule has 0 bridgehead atoms. The largest absolute Gasteiger partial charge is 0.483 e. The second kappa shape index (κ2) is 8.64. The van der Waals surface area contributed by atoms with Crippen molar-refractivity contribution >= 4 is 28.1 Å². The molecule has 1 aromatic heterocycles. The molecule has 3 rings (SSSR count). The van der Waals surface area contributed by atoms with E-state index in [2.05, 4.69) is 36.7 Å². The number of hydrogen-bond donors (Lipinski definition) is 2. The number of amides is 1. The summed E-state index contributed by atoms with van der Waals surface area (Å²) in [5.74, 6) is 0.372. The first-order chi connectivity index (χ1) is 13.0. The van der Waals surface area contributed by atoms with Crippen LogP contribution >= 0.6 is 15.9 Å². The Morgan fingerprint density at radius 2 is 1.96 bits per heavy atom. The molecule has 0 aliphatic heterocycles. The van der Waals surface area contributed by atoms with Gasteiger partial charge >= 0.3 is 0 Å². The Labute approximate surface area is 165 Å². The molecule has 1 heterocycles. The molecule has 0 saturated carbocycles. The summed E-state index contributed by atoms with van der Waals surface area (Å²) in [5, 5.41) is 11.0. The molecule has 0 fully saturated rings. The van der Waals surface area contributed by atoms with Gasteiger partial charge in [-0.1, -0.05) is 46.3 Å². The molecule has 3 aromatic rings. The Hall–Kier alpha value is -2.93. The zero-order valence-corrected chi connectivity index (χ0v) is 16.6. The number of carbonyl (C=O) groups is 1. The minimum atomic E-state index is -0.335. The lowest BCUT2D eigenvalue weighted by Gasteiger charge is -2.11. The lowest BCUT2D eigenvalue weighted by atomic mass is 10.1. The number of aromatic amines is 1. The quantitative estimate of drug-likeness (QED) is 0.461. The summed E-state index contributed by atoms with van der Waals surface area (Å²) < 4.78 is 6.62. The fraction of sp³-hybridized carbons (Fsp3) is 0.150. The van der Waals surface area contributed by atoms with E-state index in [0.717, 1.165) is 32.4 Å². The molecule has 27 heavy (non-hydrogen) atoms. The maximum atomic E-state index is 12.0. The predicted molar refractivity (Wildman–Crippen MR) is 109 cm³/mol. The number of nitrogens with one attached hydrogen (secondary N) is 2. The lowest BCUT2D eigenvalue weighted by molar-refractivity contribution is -0.123. The van der Waals surface area contributed by atoms with Gasteiger partial charge in [-0.25, -0.2) is 5.43 Å². The van der Waals surface area contributed by atoms with Crippen molar-refractivity contribution in [1.82, 2.24) is 15.6 Å². The Bertz CT molecular complexity index is 944. The molecule has 0 aliphatic rings. The van der Waals surface area contributed by atoms with Gasteiger partial charge in [0.25, 0.3) is 5.91 Å². The van der Waals surface area contributed by atoms with E-state index in [0.29, 0.717) is 5.75 Å². The highest BCUT2D eigenvalue weighted by Crippen LogP contribution is 2.27. The van der Waals surface area contributed by atoms with E-state index in [1.807, 2.05) is 56.3 Å². The highest BCUT2D eigenvalue weighted by molar-refractivity contribution is 9.10. The first-order valence-corrected chi connectivity index (χ1v) is 9.14. The molecule has 6 nitrogen and oxygen atoms in total. The number of ether oxygens (including phenoxy) is 1. The van der Waals surface area contributed by atoms with E-state index in [1.165, 1.54) is 0 Å². The van der Waals surface area contributed by atoms with Crippen LogP contribution in [-0.2, 0) is 4.79 Å². The molecule has 0 spiro atoms. The topological polar surface area (TPSA) is 79.4 Å². The van der Waals surface area contributed by atoms with Gasteiger partial charge in [-0.15, -0.1) is 0 Å². The van der Waals surface area contributed by atoms with Crippen LogP contribution in [0.4, 0.5) is 0 Å². The van der Waals surface area contributed by atoms with E-state index < -0.39 is 0 Å². The molecule has 1 amide bonds. The van der Waals surface area contributed by atoms with Gasteiger partial charge in [0.05, 0.1) is 18.1 Å². The summed E-state index contributed by atoms with van der Waals surface area (Å²) >= 11 is 3.44. The average molecular weight is 427 g/mol. The van der Waals surface area contributed by atoms with E-state index in [-0.39, 0.29) is 12.5 Å². The average Bonchev–Trinajstić information content (AvgIpc) is 3.10. The van der Waals surface area contributed by atoms with Gasteiger partial charge in [0.1, 0.15) is 5.75 Å². The molecule has 0 aliphatic carbocycles. The van der Waals surface area contributed by atoms with Gasteiger partial charge in [-0.2, -0.15) is 10.2 Å². The van der Waals surface area contributed by atoms with Crippen molar-refractivity contribution in [3.05, 3.63) is 69.8 Å². The molecular weight excluding hydrogens is 408 g/mol. The maximum absolute atomic E-state index is 12.0. The smallest absolute Gasteiger partial charge is 0.277 e. The van der Waals surface area contributed by atoms with Crippen LogP contribution in [0.2, 0.25) is 0 Å². The number of carbonyl (C=O) groups excluding carboxylic acids is 1. The number of hydrazone groups is 1. The molecular formula is C20H19BrN4O2. The Morgan fingerprint density at radius 1 is 1.26 bits per heavy atom. The van der Waals surface area contributed by atoms with Crippen molar-refractivity contribution in [2.75, 3.05) is 6.61 Å². The number of nitrogens with zero attached hydrogens (tertiary/aromatic N) is 2. The summed E-state index contributed by atoms with van der Waals surface area (Å²) in [6, 6.07) is 13.7. The van der Waals surface area contributed by atoms with Crippen LogP contribution in [-0.4, -0.2) is 28.9 Å². The molecule has 0 atom stereocenters. The molecule has 2 N–H and O–H groups in total. The van der Waals surface area contributed by atoms with Gasteiger partial charge in [-0.05, 0) is 37.1 Å². The zero-order chi connectivity index (χ0) is 19.2. The van der Waals surface area contributed by atoms with Gasteiger partial charge in [0, 0.05) is 15.6 Å². The number of aryl methyl sites for hydroxylation is 2. The Kier molecular flexibility index (Phi) is 6.03. The first kappa shape index (κ1) is 18.8. The van der Waals surface area contributed by atoms with E-state index in [9.17, 15) is 4.79 Å². The van der Waals surface area contributed by atoms with Crippen LogP contribution in [0.1, 0.15) is 16.7 Å². The fourth-order valence-electron chi connectivity index (χ4n) is 2.70. The van der Waals surface area contributed by atoms with Crippen molar-refractivity contribution in [3.63, 3.8) is 0 Å². The summed E-state index contributed by atoms with van der Waals surface area (Å²) in [6.07, 6.45) is 3.21. The van der Waals surface area contributed by atoms with Crippen LogP contribution < -0.4 is 10.2 Å². The first-order valence-electron chi connectivity index (χ1n) is 8.35. The van der Waals surface area contributed by atoms with E-state index in [4.69, 9.17) is 4.74 Å². The van der Waals surface area contributed by atoms with Gasteiger partial charge in [-0.3, -0.25) is 9.89 Å². The zero-order valence-electron chi connectivity index (χ0n) is 15.0. The number of aromatic nitrogens is 2. The van der Waals surface area contributed by atoms with E-state index in [1.54, 1.807) is 12.4 Å². The third-order valence-corrected chi connectivity index (χ3v) is 4.35. The van der Waals surface area contributed by atoms with Crippen molar-refractivity contribution in [1.29, 1.82) is 0 Å². The second-order valence-electron chi connectivity index (χ2n) is 6.02. The number of halogens is 1. The minimum Gasteiger partial charge on any atom is -0.483 e. The number of H-pyrrole nitrogens is 1. The summed E-state index contributed by atoms with van der Waals surface area (Å²) in [7, 11) is 0. The van der Waals surface area contributed by atoms with Crippen molar-refractivity contribution in [3.8, 4) is 17.0 Å². The monoisotopic (exact) mass is 426 g/mol. The maximum Gasteiger partial charge on any atom is 0.277 e. The van der Waals surface area contributed by atoms with Crippen LogP contribution in [0.3, 0.4) is 0 Å². The summed E-state index contributed by atoms with van der Waals surface area (Å²) in [5.41, 5.74) is 7.01. The molecule has 0 saturated heterocycles. The van der Waals surface area contributed by atoms with Crippen molar-refractivity contribution < 1.29 is 9.53 Å². The van der Waals surface area contributed by atoms with Gasteiger partial charge in [0.2, 0.25) is 0 Å². The van der Waals surface area contributed by atoms with E-state index >= 15 is 0 Å². The van der Waals surface area contributed by atoms with Gasteiger partial charge in [0.15, 0.2) is 6.61 Å². The second-order valence-corrected chi connectivity index (χ2v) is 6.93. The standard InChI is InChI=1S/C20H19BrN4O2/c1-13-8-17(21)9-14(2)20(13)27-12-18(26)24-22-10-16-11-23-25-19(16)15-6-4-3-5-7-15/h3-11H,12H2,1-2H3,(H,23,25)(H,24,26). The molecule has 138 valence electrons. The summed E-state index contributed by atoms with van der Waals surface area (Å²) in [6.45, 7) is 3.76. The SMILES string of the molecule is Cc1cc(Br)cc(C)c1OCC(=O)NN=Cc1cn[nH]c1-c1ccccc1. The Balaban J connectivity index is 1.58. The normalized spacial score (nSPS) is 10.9. The van der Waals surface area contributed by atoms with Gasteiger partial charge < -0.3 is 4.74 Å². The highest BCUT2D eigenvalue weighted by Gasteiger charge is 2.09. The lowest BCUT2D eigenvalue weighted by Crippen LogP contribution is -2.25. The minimum absolute atomic E-state index is 0.114. The highest BCUT2D eigenvalue weighted by atomic mass is 79.9. The molecule has 0 radical (unpaired) electrons. The summed E-state index contributed by atoms with van der Waals surface area (Å²) in [4.78, 5) is 12.0. The van der Waals surface area contributed by atoms with Crippen LogP contribution in [0.25, 0.3) is 11.3 Å². The third kappa shape index (κ3) is 4.83. The predicted octanol–water partition coefficient (Wildman–Crippen LogP) is 3.99. The van der Waals surface area contributed by atoms with Crippen LogP contribution in [0.5, 0.6) is 5.75 Å². The van der Waals surface area contributed by atoms with Crippen molar-refractivity contribution in [2.45, 2.75) is 13.8 Å². The third-order valence-electron chi connectivity index (χ3n) is 3.90. The molecule has 2 aromatic carbocycles. The fourth-order valence-corrected chi connectivity index (χ4v) is 3.39. The van der Waals surface area contributed by atoms with Crippen LogP contribution in [0, 0.1) is 13.8 Å². The number of benzene rings is 2. The Morgan fingerprint density at radius 3 is 2.67 bits per heavy atom. The number of hydrogen-bond acceptors (Lipinski definition) is 4.